The number of aliphatic hydroxyl groups is 1. The fraction of sp³-hybridized carbons (Fsp3) is 0.500. The molecular weight excluding hydrogens is 230 g/mol. The molecule has 1 fully saturated rings. The number of likely N-dealkylation sites (tertiary alicyclic amines) is 1. The van der Waals surface area contributed by atoms with Crippen molar-refractivity contribution in [1.82, 2.24) is 4.90 Å². The van der Waals surface area contributed by atoms with E-state index in [1.807, 2.05) is 0 Å². The number of hydrogen-bond donors (Lipinski definition) is 2. The van der Waals surface area contributed by atoms with Crippen molar-refractivity contribution in [3.63, 3.8) is 0 Å². The highest BCUT2D eigenvalue weighted by molar-refractivity contribution is 5.87. The molecule has 0 amide bonds. The zero-order chi connectivity index (χ0) is 13.1. The number of carboxylic acid groups (broad SMARTS) is 1. The van der Waals surface area contributed by atoms with Gasteiger partial charge in [0, 0.05) is 0 Å². The topological polar surface area (TPSA) is 60.8 Å². The summed E-state index contributed by atoms with van der Waals surface area (Å²) in [4.78, 5) is 13.2. The third-order valence-electron chi connectivity index (χ3n) is 3.68. The minimum absolute atomic E-state index is 0.227. The van der Waals surface area contributed by atoms with E-state index in [1.165, 1.54) is 0 Å². The number of carbonyl (C=O) groups is 1. The Balaban J connectivity index is 2.10. The minimum Gasteiger partial charge on any atom is -0.478 e. The minimum atomic E-state index is -0.951. The van der Waals surface area contributed by atoms with Crippen molar-refractivity contribution in [2.45, 2.75) is 18.9 Å². The highest BCUT2D eigenvalue weighted by Gasteiger charge is 2.25. The third kappa shape index (κ3) is 2.89. The van der Waals surface area contributed by atoms with Gasteiger partial charge in [0.05, 0.1) is 11.7 Å². The maximum atomic E-state index is 10.9. The summed E-state index contributed by atoms with van der Waals surface area (Å²) in [5, 5.41) is 19.3. The summed E-state index contributed by atoms with van der Waals surface area (Å²) in [6, 6.07) is 6.62. The second-order valence-corrected chi connectivity index (χ2v) is 5.02. The molecule has 1 atom stereocenters. The van der Waals surface area contributed by atoms with Gasteiger partial charge in [0.2, 0.25) is 0 Å². The molecule has 1 aliphatic rings. The first-order chi connectivity index (χ1) is 8.58. The Morgan fingerprint density at radius 1 is 1.39 bits per heavy atom. The van der Waals surface area contributed by atoms with Crippen LogP contribution < -0.4 is 0 Å². The lowest BCUT2D eigenvalue weighted by Crippen LogP contribution is -2.32. The Labute approximate surface area is 107 Å². The molecule has 1 heterocycles. The van der Waals surface area contributed by atoms with Crippen LogP contribution >= 0.6 is 0 Å². The first kappa shape index (κ1) is 13.1. The molecule has 1 unspecified atom stereocenters. The number of benzene rings is 1. The van der Waals surface area contributed by atoms with Gasteiger partial charge in [-0.2, -0.15) is 0 Å². The number of carboxylic acids is 1. The molecule has 0 radical (unpaired) electrons. The van der Waals surface area contributed by atoms with Gasteiger partial charge in [0.1, 0.15) is 0 Å². The lowest BCUT2D eigenvalue weighted by Gasteiger charge is -2.32. The first-order valence-electron chi connectivity index (χ1n) is 6.28. The Morgan fingerprint density at radius 2 is 2.06 bits per heavy atom. The molecule has 0 saturated carbocycles. The predicted molar refractivity (Wildman–Crippen MR) is 68.6 cm³/mol. The Bertz CT molecular complexity index is 425. The number of piperidine rings is 1. The molecule has 0 aliphatic carbocycles. The van der Waals surface area contributed by atoms with Crippen LogP contribution in [0.3, 0.4) is 0 Å². The zero-order valence-corrected chi connectivity index (χ0v) is 10.5. The molecule has 1 aromatic carbocycles. The van der Waals surface area contributed by atoms with Gasteiger partial charge in [-0.05, 0) is 56.6 Å². The number of nitrogens with zero attached hydrogens (tertiary/aromatic N) is 1. The summed E-state index contributed by atoms with van der Waals surface area (Å²) < 4.78 is 0. The lowest BCUT2D eigenvalue weighted by molar-refractivity contribution is 0.0650. The lowest BCUT2D eigenvalue weighted by atomic mass is 9.87. The predicted octanol–water partition coefficient (Wildman–Crippen LogP) is 1.76. The van der Waals surface area contributed by atoms with Gasteiger partial charge in [0.25, 0.3) is 0 Å². The smallest absolute Gasteiger partial charge is 0.335 e. The van der Waals surface area contributed by atoms with E-state index < -0.39 is 12.1 Å². The van der Waals surface area contributed by atoms with E-state index >= 15 is 0 Å². The van der Waals surface area contributed by atoms with Crippen LogP contribution in [0.5, 0.6) is 0 Å². The summed E-state index contributed by atoms with van der Waals surface area (Å²) in [5.74, 6) is -0.724. The molecule has 4 nitrogen and oxygen atoms in total. The fourth-order valence-corrected chi connectivity index (χ4v) is 2.47. The maximum Gasteiger partial charge on any atom is 0.335 e. The molecule has 0 bridgehead atoms. The summed E-state index contributed by atoms with van der Waals surface area (Å²) in [6.45, 7) is 1.97. The fourth-order valence-electron chi connectivity index (χ4n) is 2.47. The van der Waals surface area contributed by atoms with Crippen molar-refractivity contribution < 1.29 is 15.0 Å². The molecule has 1 saturated heterocycles. The normalized spacial score (nSPS) is 19.7. The number of aromatic carboxylic acids is 1. The molecule has 0 spiro atoms. The average molecular weight is 249 g/mol. The van der Waals surface area contributed by atoms with Gasteiger partial charge in [-0.15, -0.1) is 0 Å². The van der Waals surface area contributed by atoms with Crippen LogP contribution in [0, 0.1) is 5.92 Å². The van der Waals surface area contributed by atoms with Crippen molar-refractivity contribution >= 4 is 5.97 Å². The van der Waals surface area contributed by atoms with Crippen LogP contribution in [0.1, 0.15) is 34.9 Å². The summed E-state index contributed by atoms with van der Waals surface area (Å²) in [5.41, 5.74) is 0.948. The largest absolute Gasteiger partial charge is 0.478 e. The highest BCUT2D eigenvalue weighted by atomic mass is 16.4. The molecule has 1 aliphatic heterocycles. The average Bonchev–Trinajstić information content (AvgIpc) is 2.39. The molecule has 18 heavy (non-hydrogen) atoms. The van der Waals surface area contributed by atoms with Crippen LogP contribution in [-0.2, 0) is 0 Å². The quantitative estimate of drug-likeness (QED) is 0.857. The molecule has 2 N–H and O–H groups in total. The molecule has 4 heteroatoms. The van der Waals surface area contributed by atoms with E-state index in [0.29, 0.717) is 5.56 Å². The number of aliphatic hydroxyl groups excluding tert-OH is 1. The van der Waals surface area contributed by atoms with E-state index in [-0.39, 0.29) is 11.5 Å². The van der Waals surface area contributed by atoms with Crippen molar-refractivity contribution in [2.75, 3.05) is 20.1 Å². The molecule has 98 valence electrons. The van der Waals surface area contributed by atoms with Crippen molar-refractivity contribution in [3.8, 4) is 0 Å². The van der Waals surface area contributed by atoms with Crippen molar-refractivity contribution in [1.29, 1.82) is 0 Å². The van der Waals surface area contributed by atoms with Crippen LogP contribution in [0.2, 0.25) is 0 Å². The maximum absolute atomic E-state index is 10.9. The molecule has 1 aromatic rings. The second-order valence-electron chi connectivity index (χ2n) is 5.02. The van der Waals surface area contributed by atoms with Crippen LogP contribution in [-0.4, -0.2) is 41.2 Å². The number of hydrogen-bond acceptors (Lipinski definition) is 3. The zero-order valence-electron chi connectivity index (χ0n) is 10.5. The SMILES string of the molecule is CN1CCC(C(O)c2cccc(C(=O)O)c2)CC1. The van der Waals surface area contributed by atoms with Crippen LogP contribution in [0.25, 0.3) is 0 Å². The Morgan fingerprint density at radius 3 is 2.67 bits per heavy atom. The van der Waals surface area contributed by atoms with Crippen LogP contribution in [0.15, 0.2) is 24.3 Å². The van der Waals surface area contributed by atoms with E-state index in [1.54, 1.807) is 24.3 Å². The standard InChI is InChI=1S/C14H19NO3/c1-15-7-5-10(6-8-15)13(16)11-3-2-4-12(9-11)14(17)18/h2-4,9-10,13,16H,5-8H2,1H3,(H,17,18). The molecule has 0 aromatic heterocycles. The molecule has 2 rings (SSSR count). The van der Waals surface area contributed by atoms with Gasteiger partial charge in [0.15, 0.2) is 0 Å². The van der Waals surface area contributed by atoms with E-state index in [2.05, 4.69) is 11.9 Å². The van der Waals surface area contributed by atoms with Gasteiger partial charge in [-0.25, -0.2) is 4.79 Å². The first-order valence-corrected chi connectivity index (χ1v) is 6.28. The third-order valence-corrected chi connectivity index (χ3v) is 3.68. The number of rotatable bonds is 3. The van der Waals surface area contributed by atoms with Gasteiger partial charge in [-0.3, -0.25) is 0 Å². The molecular formula is C14H19NO3. The van der Waals surface area contributed by atoms with E-state index in [4.69, 9.17) is 5.11 Å². The van der Waals surface area contributed by atoms with E-state index in [0.717, 1.165) is 25.9 Å². The van der Waals surface area contributed by atoms with Gasteiger partial charge >= 0.3 is 5.97 Å². The van der Waals surface area contributed by atoms with Gasteiger partial charge in [-0.1, -0.05) is 12.1 Å². The summed E-state index contributed by atoms with van der Waals surface area (Å²) >= 11 is 0. The Hall–Kier alpha value is -1.39. The van der Waals surface area contributed by atoms with E-state index in [9.17, 15) is 9.90 Å². The van der Waals surface area contributed by atoms with Crippen molar-refractivity contribution in [2.24, 2.45) is 5.92 Å². The van der Waals surface area contributed by atoms with Crippen molar-refractivity contribution in [3.05, 3.63) is 35.4 Å². The second kappa shape index (κ2) is 5.50. The summed E-state index contributed by atoms with van der Waals surface area (Å²) in [7, 11) is 2.08. The Kier molecular flexibility index (Phi) is 3.99. The highest BCUT2D eigenvalue weighted by Crippen LogP contribution is 2.30. The monoisotopic (exact) mass is 249 g/mol. The van der Waals surface area contributed by atoms with Gasteiger partial charge < -0.3 is 15.1 Å². The van der Waals surface area contributed by atoms with Crippen LogP contribution in [0.4, 0.5) is 0 Å². The summed E-state index contributed by atoms with van der Waals surface area (Å²) in [6.07, 6.45) is 1.35.